The number of carbonyl (C=O) groups excluding carboxylic acids is 1. The highest BCUT2D eigenvalue weighted by Gasteiger charge is 2.32. The van der Waals surface area contributed by atoms with Crippen LogP contribution in [0.4, 0.5) is 11.5 Å². The molecular weight excluding hydrogens is 517 g/mol. The highest BCUT2D eigenvalue weighted by Crippen LogP contribution is 2.27. The number of nitro benzene ring substituents is 1. The summed E-state index contributed by atoms with van der Waals surface area (Å²) in [6, 6.07) is 11.7. The van der Waals surface area contributed by atoms with E-state index >= 15 is 0 Å². The molecule has 1 fully saturated rings. The Morgan fingerprint density at radius 1 is 1.09 bits per heavy atom. The number of benzene rings is 2. The summed E-state index contributed by atoms with van der Waals surface area (Å²) in [6.45, 7) is 0.668. The normalized spacial score (nSPS) is 15.1. The highest BCUT2D eigenvalue weighted by molar-refractivity contribution is 7.89. The van der Waals surface area contributed by atoms with E-state index in [9.17, 15) is 23.3 Å². The third-order valence-electron chi connectivity index (χ3n) is 5.78. The van der Waals surface area contributed by atoms with Gasteiger partial charge in [-0.15, -0.1) is 0 Å². The number of anilines is 1. The average molecular weight is 538 g/mol. The Balaban J connectivity index is 1.34. The maximum Gasteiger partial charge on any atom is 0.269 e. The van der Waals surface area contributed by atoms with Gasteiger partial charge in [-0.05, 0) is 37.1 Å². The Bertz CT molecular complexity index is 1330. The fourth-order valence-electron chi connectivity index (χ4n) is 3.84. The first-order valence-corrected chi connectivity index (χ1v) is 12.9. The standard InChI is InChI=1S/C22H21Cl2N5O5S/c23-19-2-1-3-20(24)18(19)14-27-11-10-21(26-27)25-22(30)15-8-12-28(13-9-15)35(33,34)17-6-4-16(5-7-17)29(31)32/h1-7,10-11,15H,8-9,12-14H2,(H,25,26,30). The first-order chi connectivity index (χ1) is 16.6. The van der Waals surface area contributed by atoms with Crippen LogP contribution in [0.15, 0.2) is 59.6 Å². The molecule has 0 saturated carbocycles. The number of nitrogens with zero attached hydrogens (tertiary/aromatic N) is 4. The van der Waals surface area contributed by atoms with Gasteiger partial charge in [-0.3, -0.25) is 19.6 Å². The van der Waals surface area contributed by atoms with Crippen molar-refractivity contribution in [2.24, 2.45) is 5.92 Å². The second-order valence-corrected chi connectivity index (χ2v) is 10.8. The van der Waals surface area contributed by atoms with Crippen LogP contribution in [0, 0.1) is 16.0 Å². The van der Waals surface area contributed by atoms with Gasteiger partial charge >= 0.3 is 0 Å². The smallest absolute Gasteiger partial charge is 0.269 e. The maximum atomic E-state index is 12.9. The van der Waals surface area contributed by atoms with Gasteiger partial charge < -0.3 is 5.32 Å². The molecule has 1 aliphatic rings. The molecule has 13 heteroatoms. The first-order valence-electron chi connectivity index (χ1n) is 10.7. The van der Waals surface area contributed by atoms with Crippen molar-refractivity contribution in [1.29, 1.82) is 0 Å². The number of aromatic nitrogens is 2. The Hall–Kier alpha value is -2.99. The van der Waals surface area contributed by atoms with E-state index in [2.05, 4.69) is 10.4 Å². The minimum Gasteiger partial charge on any atom is -0.309 e. The van der Waals surface area contributed by atoms with Crippen LogP contribution in [0.2, 0.25) is 10.0 Å². The number of amides is 1. The third-order valence-corrected chi connectivity index (χ3v) is 8.40. The number of hydrogen-bond donors (Lipinski definition) is 1. The lowest BCUT2D eigenvalue weighted by atomic mass is 9.97. The zero-order valence-corrected chi connectivity index (χ0v) is 20.6. The van der Waals surface area contributed by atoms with E-state index < -0.39 is 14.9 Å². The molecule has 0 radical (unpaired) electrons. The van der Waals surface area contributed by atoms with Crippen molar-refractivity contribution in [2.45, 2.75) is 24.3 Å². The summed E-state index contributed by atoms with van der Waals surface area (Å²) < 4.78 is 28.6. The lowest BCUT2D eigenvalue weighted by Gasteiger charge is -2.30. The number of nitro groups is 1. The van der Waals surface area contributed by atoms with Gasteiger partial charge in [0.05, 0.1) is 16.4 Å². The summed E-state index contributed by atoms with van der Waals surface area (Å²) in [5.41, 5.74) is 0.537. The quantitative estimate of drug-likeness (QED) is 0.355. The molecule has 0 atom stereocenters. The number of hydrogen-bond acceptors (Lipinski definition) is 6. The minimum atomic E-state index is -3.80. The fourth-order valence-corrected chi connectivity index (χ4v) is 5.82. The minimum absolute atomic E-state index is 0.0184. The zero-order valence-electron chi connectivity index (χ0n) is 18.3. The van der Waals surface area contributed by atoms with E-state index in [1.165, 1.54) is 16.4 Å². The van der Waals surface area contributed by atoms with Crippen LogP contribution in [-0.2, 0) is 21.4 Å². The van der Waals surface area contributed by atoms with Crippen molar-refractivity contribution >= 4 is 50.6 Å². The molecule has 0 aliphatic carbocycles. The fraction of sp³-hybridized carbons (Fsp3) is 0.273. The average Bonchev–Trinajstić information content (AvgIpc) is 3.28. The van der Waals surface area contributed by atoms with E-state index in [0.29, 0.717) is 35.2 Å². The summed E-state index contributed by atoms with van der Waals surface area (Å²) >= 11 is 12.4. The molecule has 4 rings (SSSR count). The van der Waals surface area contributed by atoms with Gasteiger partial charge in [-0.2, -0.15) is 9.40 Å². The summed E-state index contributed by atoms with van der Waals surface area (Å²) in [6.07, 6.45) is 2.39. The molecule has 0 unspecified atom stereocenters. The highest BCUT2D eigenvalue weighted by atomic mass is 35.5. The topological polar surface area (TPSA) is 127 Å². The van der Waals surface area contributed by atoms with Gasteiger partial charge in [-0.25, -0.2) is 8.42 Å². The molecule has 1 aromatic heterocycles. The zero-order chi connectivity index (χ0) is 25.2. The molecule has 0 spiro atoms. The lowest BCUT2D eigenvalue weighted by Crippen LogP contribution is -2.41. The molecule has 35 heavy (non-hydrogen) atoms. The number of rotatable bonds is 7. The van der Waals surface area contributed by atoms with Gasteiger partial charge in [-0.1, -0.05) is 29.3 Å². The molecule has 1 N–H and O–H groups in total. The van der Waals surface area contributed by atoms with Gasteiger partial charge in [0.1, 0.15) is 0 Å². The molecule has 2 aromatic carbocycles. The summed E-state index contributed by atoms with van der Waals surface area (Å²) in [5.74, 6) is -0.237. The largest absolute Gasteiger partial charge is 0.309 e. The Morgan fingerprint density at radius 2 is 1.71 bits per heavy atom. The van der Waals surface area contributed by atoms with Crippen LogP contribution in [0.1, 0.15) is 18.4 Å². The van der Waals surface area contributed by atoms with Gasteiger partial charge in [0.2, 0.25) is 15.9 Å². The molecule has 0 bridgehead atoms. The van der Waals surface area contributed by atoms with E-state index in [-0.39, 0.29) is 35.5 Å². The van der Waals surface area contributed by atoms with E-state index in [4.69, 9.17) is 23.2 Å². The van der Waals surface area contributed by atoms with Crippen LogP contribution in [-0.4, -0.2) is 46.4 Å². The molecule has 2 heterocycles. The molecule has 1 saturated heterocycles. The first kappa shape index (κ1) is 25.1. The van der Waals surface area contributed by atoms with Crippen LogP contribution in [0.25, 0.3) is 0 Å². The number of non-ortho nitro benzene ring substituents is 1. The van der Waals surface area contributed by atoms with Crippen molar-refractivity contribution in [3.05, 3.63) is 80.5 Å². The number of nitrogens with one attached hydrogen (secondary N) is 1. The van der Waals surface area contributed by atoms with Crippen LogP contribution >= 0.6 is 23.2 Å². The Morgan fingerprint density at radius 3 is 2.31 bits per heavy atom. The van der Waals surface area contributed by atoms with Crippen molar-refractivity contribution < 1.29 is 18.1 Å². The molecule has 1 aliphatic heterocycles. The number of carbonyl (C=O) groups is 1. The molecular formula is C22H21Cl2N5O5S. The predicted octanol–water partition coefficient (Wildman–Crippen LogP) is 4.19. The monoisotopic (exact) mass is 537 g/mol. The second kappa shape index (κ2) is 10.3. The lowest BCUT2D eigenvalue weighted by molar-refractivity contribution is -0.384. The molecule has 184 valence electrons. The van der Waals surface area contributed by atoms with Crippen LogP contribution in [0.3, 0.4) is 0 Å². The summed E-state index contributed by atoms with van der Waals surface area (Å²) in [4.78, 5) is 22.9. The van der Waals surface area contributed by atoms with Crippen LogP contribution in [0.5, 0.6) is 0 Å². The third kappa shape index (κ3) is 5.64. The van der Waals surface area contributed by atoms with Gasteiger partial charge in [0, 0.05) is 59.0 Å². The SMILES string of the molecule is O=C(Nc1ccn(Cc2c(Cl)cccc2Cl)n1)C1CCN(S(=O)(=O)c2ccc([N+](=O)[O-])cc2)CC1. The number of piperidine rings is 1. The van der Waals surface area contributed by atoms with Gasteiger partial charge in [0.25, 0.3) is 5.69 Å². The second-order valence-electron chi connectivity index (χ2n) is 8.02. The maximum absolute atomic E-state index is 12.9. The van der Waals surface area contributed by atoms with Crippen molar-refractivity contribution in [3.63, 3.8) is 0 Å². The Kier molecular flexibility index (Phi) is 7.41. The Labute approximate surface area is 211 Å². The van der Waals surface area contributed by atoms with E-state index in [0.717, 1.165) is 17.7 Å². The molecule has 1 amide bonds. The molecule has 10 nitrogen and oxygen atoms in total. The number of halogens is 2. The van der Waals surface area contributed by atoms with Gasteiger partial charge in [0.15, 0.2) is 5.82 Å². The summed E-state index contributed by atoms with van der Waals surface area (Å²) in [7, 11) is -3.80. The van der Waals surface area contributed by atoms with E-state index in [1.807, 2.05) is 0 Å². The van der Waals surface area contributed by atoms with Crippen LogP contribution < -0.4 is 5.32 Å². The molecule has 3 aromatic rings. The van der Waals surface area contributed by atoms with Crippen molar-refractivity contribution in [1.82, 2.24) is 14.1 Å². The van der Waals surface area contributed by atoms with Crippen molar-refractivity contribution in [2.75, 3.05) is 18.4 Å². The van der Waals surface area contributed by atoms with Crippen molar-refractivity contribution in [3.8, 4) is 0 Å². The van der Waals surface area contributed by atoms with E-state index in [1.54, 1.807) is 35.1 Å². The predicted molar refractivity (Wildman–Crippen MR) is 131 cm³/mol. The summed E-state index contributed by atoms with van der Waals surface area (Å²) in [5, 5.41) is 19.0. The number of sulfonamides is 1.